The highest BCUT2D eigenvalue weighted by Gasteiger charge is 2.30. The Morgan fingerprint density at radius 1 is 1.09 bits per heavy atom. The molecule has 2 aromatic rings. The maximum atomic E-state index is 12.8. The predicted octanol–water partition coefficient (Wildman–Crippen LogP) is 3.84. The molecule has 0 spiro atoms. The third-order valence-electron chi connectivity index (χ3n) is 4.16. The number of fused-ring (bicyclic) bond motifs is 1. The molecular formula is C17H20F3N3. The summed E-state index contributed by atoms with van der Waals surface area (Å²) in [5, 5.41) is 8.05. The average Bonchev–Trinajstić information content (AvgIpc) is 2.70. The minimum atomic E-state index is -4.31. The van der Waals surface area contributed by atoms with Gasteiger partial charge in [0.1, 0.15) is 0 Å². The van der Waals surface area contributed by atoms with Crippen molar-refractivity contribution in [1.82, 2.24) is 15.1 Å². The van der Waals surface area contributed by atoms with Gasteiger partial charge in [0.15, 0.2) is 0 Å². The summed E-state index contributed by atoms with van der Waals surface area (Å²) in [6.45, 7) is 5.83. The predicted molar refractivity (Wildman–Crippen MR) is 83.3 cm³/mol. The fourth-order valence-corrected chi connectivity index (χ4v) is 3.02. The van der Waals surface area contributed by atoms with Crippen LogP contribution in [-0.4, -0.2) is 22.9 Å². The first-order valence-corrected chi connectivity index (χ1v) is 7.86. The highest BCUT2D eigenvalue weighted by atomic mass is 19.4. The lowest BCUT2D eigenvalue weighted by molar-refractivity contribution is -0.137. The van der Waals surface area contributed by atoms with Crippen molar-refractivity contribution in [3.05, 3.63) is 41.1 Å². The molecule has 0 saturated heterocycles. The maximum Gasteiger partial charge on any atom is 0.416 e. The fraction of sp³-hybridized carbons (Fsp3) is 0.471. The highest BCUT2D eigenvalue weighted by molar-refractivity contribution is 5.65. The molecule has 6 heteroatoms. The van der Waals surface area contributed by atoms with Gasteiger partial charge in [0.05, 0.1) is 17.0 Å². The molecule has 1 aromatic heterocycles. The van der Waals surface area contributed by atoms with Crippen LogP contribution in [0.25, 0.3) is 11.3 Å². The number of aromatic nitrogens is 2. The number of nitrogens with one attached hydrogen (secondary N) is 1. The van der Waals surface area contributed by atoms with Crippen LogP contribution in [0.4, 0.5) is 13.2 Å². The van der Waals surface area contributed by atoms with Gasteiger partial charge in [0.25, 0.3) is 0 Å². The molecule has 0 atom stereocenters. The molecular weight excluding hydrogens is 303 g/mol. The normalized spacial score (nSPS) is 15.6. The molecule has 3 rings (SSSR count). The molecule has 124 valence electrons. The fourth-order valence-electron chi connectivity index (χ4n) is 3.02. The molecule has 0 saturated carbocycles. The first kappa shape index (κ1) is 16.1. The molecule has 3 nitrogen and oxygen atoms in total. The average molecular weight is 323 g/mol. The topological polar surface area (TPSA) is 29.9 Å². The van der Waals surface area contributed by atoms with Crippen LogP contribution in [-0.2, 0) is 19.0 Å². The molecule has 0 radical (unpaired) electrons. The van der Waals surface area contributed by atoms with E-state index in [0.29, 0.717) is 0 Å². The molecule has 0 bridgehead atoms. The number of hydrogen-bond acceptors (Lipinski definition) is 2. The molecule has 2 heterocycles. The van der Waals surface area contributed by atoms with E-state index < -0.39 is 11.7 Å². The van der Waals surface area contributed by atoms with E-state index in [1.54, 1.807) is 12.1 Å². The second kappa shape index (κ2) is 6.00. The van der Waals surface area contributed by atoms with Crippen LogP contribution < -0.4 is 5.32 Å². The van der Waals surface area contributed by atoms with Gasteiger partial charge in [-0.05, 0) is 38.9 Å². The van der Waals surface area contributed by atoms with Gasteiger partial charge in [0, 0.05) is 30.1 Å². The molecule has 1 N–H and O–H groups in total. The van der Waals surface area contributed by atoms with E-state index in [-0.39, 0.29) is 6.04 Å². The summed E-state index contributed by atoms with van der Waals surface area (Å²) in [5.41, 5.74) is 3.33. The summed E-state index contributed by atoms with van der Waals surface area (Å²) in [5.74, 6) is 0. The summed E-state index contributed by atoms with van der Waals surface area (Å²) < 4.78 is 40.3. The Balaban J connectivity index is 2.09. The molecule has 0 amide bonds. The van der Waals surface area contributed by atoms with Crippen molar-refractivity contribution < 1.29 is 13.2 Å². The van der Waals surface area contributed by atoms with Crippen molar-refractivity contribution >= 4 is 0 Å². The van der Waals surface area contributed by atoms with E-state index in [1.807, 2.05) is 18.5 Å². The summed E-state index contributed by atoms with van der Waals surface area (Å²) in [6, 6.07) is 5.56. The van der Waals surface area contributed by atoms with Crippen molar-refractivity contribution in [1.29, 1.82) is 0 Å². The van der Waals surface area contributed by atoms with Crippen LogP contribution in [0.5, 0.6) is 0 Å². The SMILES string of the molecule is CC(C)n1nc2c(c1-c1ccc(C(F)(F)F)cc1)CCNCC2. The van der Waals surface area contributed by atoms with Gasteiger partial charge in [-0.15, -0.1) is 0 Å². The third kappa shape index (κ3) is 3.13. The van der Waals surface area contributed by atoms with Crippen LogP contribution in [0.15, 0.2) is 24.3 Å². The zero-order valence-corrected chi connectivity index (χ0v) is 13.2. The van der Waals surface area contributed by atoms with Crippen molar-refractivity contribution in [3.8, 4) is 11.3 Å². The van der Waals surface area contributed by atoms with Gasteiger partial charge in [-0.1, -0.05) is 12.1 Å². The number of rotatable bonds is 2. The number of nitrogens with zero attached hydrogens (tertiary/aromatic N) is 2. The van der Waals surface area contributed by atoms with Crippen molar-refractivity contribution in [3.63, 3.8) is 0 Å². The highest BCUT2D eigenvalue weighted by Crippen LogP contribution is 2.34. The number of benzene rings is 1. The number of halogens is 3. The first-order valence-electron chi connectivity index (χ1n) is 7.86. The minimum Gasteiger partial charge on any atom is -0.316 e. The van der Waals surface area contributed by atoms with Crippen LogP contribution in [0.3, 0.4) is 0 Å². The van der Waals surface area contributed by atoms with Gasteiger partial charge in [-0.3, -0.25) is 4.68 Å². The molecule has 1 aliphatic heterocycles. The Kier molecular flexibility index (Phi) is 4.19. The van der Waals surface area contributed by atoms with Gasteiger partial charge < -0.3 is 5.32 Å². The number of hydrogen-bond donors (Lipinski definition) is 1. The Labute approximate surface area is 133 Å². The Bertz CT molecular complexity index is 684. The van der Waals surface area contributed by atoms with E-state index in [4.69, 9.17) is 5.10 Å². The molecule has 0 fully saturated rings. The summed E-state index contributed by atoms with van der Waals surface area (Å²) in [6.07, 6.45) is -2.61. The Hall–Kier alpha value is -1.82. The number of alkyl halides is 3. The van der Waals surface area contributed by atoms with Crippen molar-refractivity contribution in [2.75, 3.05) is 13.1 Å². The molecule has 0 unspecified atom stereocenters. The second-order valence-corrected chi connectivity index (χ2v) is 6.14. The van der Waals surface area contributed by atoms with E-state index >= 15 is 0 Å². The van der Waals surface area contributed by atoms with Gasteiger partial charge >= 0.3 is 6.18 Å². The van der Waals surface area contributed by atoms with Crippen LogP contribution in [0.1, 0.15) is 36.7 Å². The second-order valence-electron chi connectivity index (χ2n) is 6.14. The lowest BCUT2D eigenvalue weighted by Gasteiger charge is -2.14. The van der Waals surface area contributed by atoms with Gasteiger partial charge in [-0.2, -0.15) is 18.3 Å². The van der Waals surface area contributed by atoms with E-state index in [9.17, 15) is 13.2 Å². The lowest BCUT2D eigenvalue weighted by Crippen LogP contribution is -2.17. The van der Waals surface area contributed by atoms with Crippen LogP contribution >= 0.6 is 0 Å². The summed E-state index contributed by atoms with van der Waals surface area (Å²) in [7, 11) is 0. The first-order chi connectivity index (χ1) is 10.9. The van der Waals surface area contributed by atoms with Gasteiger partial charge in [0.2, 0.25) is 0 Å². The van der Waals surface area contributed by atoms with E-state index in [1.165, 1.54) is 0 Å². The molecule has 1 aliphatic rings. The Morgan fingerprint density at radius 2 is 1.74 bits per heavy atom. The van der Waals surface area contributed by atoms with E-state index in [0.717, 1.165) is 60.6 Å². The van der Waals surface area contributed by atoms with E-state index in [2.05, 4.69) is 5.32 Å². The van der Waals surface area contributed by atoms with Crippen molar-refractivity contribution in [2.24, 2.45) is 0 Å². The quantitative estimate of drug-likeness (QED) is 0.910. The maximum absolute atomic E-state index is 12.8. The Morgan fingerprint density at radius 3 is 2.35 bits per heavy atom. The monoisotopic (exact) mass is 323 g/mol. The van der Waals surface area contributed by atoms with Crippen LogP contribution in [0.2, 0.25) is 0 Å². The minimum absolute atomic E-state index is 0.159. The standard InChI is InChI=1S/C17H20F3N3/c1-11(2)23-16(14-7-9-21-10-8-15(14)22-23)12-3-5-13(6-4-12)17(18,19)20/h3-6,11,21H,7-10H2,1-2H3. The lowest BCUT2D eigenvalue weighted by atomic mass is 10.0. The molecule has 1 aromatic carbocycles. The van der Waals surface area contributed by atoms with Crippen molar-refractivity contribution in [2.45, 2.75) is 38.9 Å². The molecule has 0 aliphatic carbocycles. The van der Waals surface area contributed by atoms with Crippen LogP contribution in [0, 0.1) is 0 Å². The molecule has 23 heavy (non-hydrogen) atoms. The summed E-state index contributed by atoms with van der Waals surface area (Å²) in [4.78, 5) is 0. The summed E-state index contributed by atoms with van der Waals surface area (Å²) >= 11 is 0. The largest absolute Gasteiger partial charge is 0.416 e. The van der Waals surface area contributed by atoms with Gasteiger partial charge in [-0.25, -0.2) is 0 Å². The zero-order chi connectivity index (χ0) is 16.6. The zero-order valence-electron chi connectivity index (χ0n) is 13.2. The third-order valence-corrected chi connectivity index (χ3v) is 4.16. The smallest absolute Gasteiger partial charge is 0.316 e.